The second-order valence-electron chi connectivity index (χ2n) is 5.73. The van der Waals surface area contributed by atoms with E-state index in [-0.39, 0.29) is 21.1 Å². The molecule has 0 bridgehead atoms. The van der Waals surface area contributed by atoms with Gasteiger partial charge in [-0.25, -0.2) is 0 Å². The van der Waals surface area contributed by atoms with Crippen molar-refractivity contribution < 1.29 is 38.6 Å². The molecule has 0 atom stereocenters. The van der Waals surface area contributed by atoms with Crippen molar-refractivity contribution >= 4 is 10.4 Å². The van der Waals surface area contributed by atoms with Crippen molar-refractivity contribution in [3.8, 4) is 0 Å². The van der Waals surface area contributed by atoms with E-state index in [0.29, 0.717) is 0 Å². The van der Waals surface area contributed by atoms with E-state index in [0.717, 1.165) is 0 Å². The maximum Gasteiger partial charge on any atom is 0.394 e. The Labute approximate surface area is 158 Å². The first-order valence-electron chi connectivity index (χ1n) is 8.82. The van der Waals surface area contributed by atoms with Crippen LogP contribution in [0.3, 0.4) is 0 Å². The van der Waals surface area contributed by atoms with E-state index in [1.165, 1.54) is 90.1 Å². The fourth-order valence-corrected chi connectivity index (χ4v) is 2.19. The first-order chi connectivity index (χ1) is 10.4. The van der Waals surface area contributed by atoms with Crippen LogP contribution in [0.2, 0.25) is 0 Å². The predicted octanol–water partition coefficient (Wildman–Crippen LogP) is 4.64. The topological polar surface area (TPSA) is 86.6 Å². The van der Waals surface area contributed by atoms with Gasteiger partial charge >= 0.3 is 10.4 Å². The average molecular weight is 535 g/mol. The summed E-state index contributed by atoms with van der Waals surface area (Å²) in [5, 5.41) is 3.57. The molecule has 0 spiro atoms. The van der Waals surface area contributed by atoms with Crippen LogP contribution in [0.25, 0.3) is 0 Å². The minimum absolute atomic E-state index is 0. The third-order valence-corrected chi connectivity index (χ3v) is 3.41. The van der Waals surface area contributed by atoms with Crippen LogP contribution in [0.1, 0.15) is 90.9 Å². The molecular formula is C16H37NO4PtS. The van der Waals surface area contributed by atoms with E-state index in [9.17, 15) is 0 Å². The van der Waals surface area contributed by atoms with Crippen molar-refractivity contribution in [2.75, 3.05) is 13.1 Å². The molecular weight excluding hydrogens is 497 g/mol. The van der Waals surface area contributed by atoms with Gasteiger partial charge in [-0.15, -0.1) is 0 Å². The minimum atomic E-state index is -4.67. The van der Waals surface area contributed by atoms with Crippen LogP contribution in [0, 0.1) is 0 Å². The van der Waals surface area contributed by atoms with Gasteiger partial charge < -0.3 is 5.32 Å². The number of hydrogen-bond donors (Lipinski definition) is 3. The molecule has 0 aliphatic rings. The smallest absolute Gasteiger partial charge is 0.317 e. The zero-order valence-electron chi connectivity index (χ0n) is 14.8. The Hall–Kier alpha value is 0.518. The van der Waals surface area contributed by atoms with E-state index < -0.39 is 10.4 Å². The van der Waals surface area contributed by atoms with Gasteiger partial charge in [-0.05, 0) is 25.9 Å². The summed E-state index contributed by atoms with van der Waals surface area (Å²) in [4.78, 5) is 0. The normalized spacial score (nSPS) is 10.6. The fraction of sp³-hybridized carbons (Fsp3) is 1.00. The van der Waals surface area contributed by atoms with Gasteiger partial charge in [-0.1, -0.05) is 78.1 Å². The summed E-state index contributed by atoms with van der Waals surface area (Å²) in [7, 11) is -4.67. The molecule has 0 aromatic carbocycles. The van der Waals surface area contributed by atoms with Gasteiger partial charge in [-0.2, -0.15) is 8.42 Å². The van der Waals surface area contributed by atoms with Gasteiger partial charge in [0.25, 0.3) is 0 Å². The molecule has 0 radical (unpaired) electrons. The molecule has 0 saturated heterocycles. The molecule has 0 aliphatic heterocycles. The van der Waals surface area contributed by atoms with Crippen LogP contribution >= 0.6 is 0 Å². The average Bonchev–Trinajstić information content (AvgIpc) is 2.42. The summed E-state index contributed by atoms with van der Waals surface area (Å²) in [6.45, 7) is 7.03. The summed E-state index contributed by atoms with van der Waals surface area (Å²) in [6.07, 6.45) is 16.9. The SMILES string of the molecule is CCCCCCCCNCCCCCCCC.O=S(=O)(O)O.[Pt]. The molecule has 0 aliphatic carbocycles. The van der Waals surface area contributed by atoms with Crippen molar-refractivity contribution in [2.24, 2.45) is 0 Å². The summed E-state index contributed by atoms with van der Waals surface area (Å²) in [5.41, 5.74) is 0. The van der Waals surface area contributed by atoms with Gasteiger partial charge in [0.15, 0.2) is 0 Å². The van der Waals surface area contributed by atoms with Gasteiger partial charge in [0.05, 0.1) is 0 Å². The third-order valence-electron chi connectivity index (χ3n) is 3.41. The van der Waals surface area contributed by atoms with Gasteiger partial charge in [0.2, 0.25) is 0 Å². The quantitative estimate of drug-likeness (QED) is 0.223. The van der Waals surface area contributed by atoms with E-state index in [2.05, 4.69) is 19.2 Å². The zero-order valence-corrected chi connectivity index (χ0v) is 17.9. The second-order valence-corrected chi connectivity index (χ2v) is 6.63. The Morgan fingerprint density at radius 3 is 1.22 bits per heavy atom. The summed E-state index contributed by atoms with van der Waals surface area (Å²) < 4.78 is 31.6. The first-order valence-corrected chi connectivity index (χ1v) is 10.2. The van der Waals surface area contributed by atoms with Crippen molar-refractivity contribution in [3.05, 3.63) is 0 Å². The molecule has 0 rings (SSSR count). The van der Waals surface area contributed by atoms with Crippen LogP contribution in [0.5, 0.6) is 0 Å². The maximum atomic E-state index is 8.74. The van der Waals surface area contributed by atoms with Crippen LogP contribution in [-0.4, -0.2) is 30.6 Å². The molecule has 0 unspecified atom stereocenters. The number of unbranched alkanes of at least 4 members (excludes halogenated alkanes) is 10. The minimum Gasteiger partial charge on any atom is -0.317 e. The van der Waals surface area contributed by atoms with E-state index in [1.54, 1.807) is 0 Å². The van der Waals surface area contributed by atoms with Crippen molar-refractivity contribution in [1.82, 2.24) is 5.32 Å². The second kappa shape index (κ2) is 22.5. The molecule has 3 N–H and O–H groups in total. The zero-order chi connectivity index (χ0) is 17.1. The maximum absolute atomic E-state index is 8.74. The molecule has 0 heterocycles. The Balaban J connectivity index is -0.000000578. The van der Waals surface area contributed by atoms with Crippen molar-refractivity contribution in [1.29, 1.82) is 0 Å². The largest absolute Gasteiger partial charge is 0.394 e. The van der Waals surface area contributed by atoms with Gasteiger partial charge in [0.1, 0.15) is 0 Å². The van der Waals surface area contributed by atoms with E-state index in [4.69, 9.17) is 17.5 Å². The Kier molecular flexibility index (Phi) is 27.7. The van der Waals surface area contributed by atoms with Crippen molar-refractivity contribution in [3.63, 3.8) is 0 Å². The molecule has 0 amide bonds. The predicted molar refractivity (Wildman–Crippen MR) is 93.8 cm³/mol. The molecule has 146 valence electrons. The van der Waals surface area contributed by atoms with Crippen LogP contribution in [0.15, 0.2) is 0 Å². The molecule has 0 saturated carbocycles. The summed E-state index contributed by atoms with van der Waals surface area (Å²) in [5.74, 6) is 0. The van der Waals surface area contributed by atoms with Gasteiger partial charge in [0, 0.05) is 21.1 Å². The molecule has 7 heteroatoms. The van der Waals surface area contributed by atoms with E-state index in [1.807, 2.05) is 0 Å². The first kappa shape index (κ1) is 28.3. The third kappa shape index (κ3) is 45.0. The molecule has 0 aromatic rings. The monoisotopic (exact) mass is 534 g/mol. The summed E-state index contributed by atoms with van der Waals surface area (Å²) >= 11 is 0. The van der Waals surface area contributed by atoms with E-state index >= 15 is 0 Å². The summed E-state index contributed by atoms with van der Waals surface area (Å²) in [6, 6.07) is 0. The molecule has 23 heavy (non-hydrogen) atoms. The fourth-order valence-electron chi connectivity index (χ4n) is 2.19. The Bertz CT molecular complexity index is 278. The van der Waals surface area contributed by atoms with Crippen LogP contribution in [-0.2, 0) is 31.5 Å². The van der Waals surface area contributed by atoms with Crippen LogP contribution in [0.4, 0.5) is 0 Å². The number of nitrogens with one attached hydrogen (secondary N) is 1. The van der Waals surface area contributed by atoms with Gasteiger partial charge in [-0.3, -0.25) is 9.11 Å². The van der Waals surface area contributed by atoms with Crippen LogP contribution < -0.4 is 5.32 Å². The molecule has 0 fully saturated rings. The molecule has 0 aromatic heterocycles. The van der Waals surface area contributed by atoms with Crippen molar-refractivity contribution in [2.45, 2.75) is 90.9 Å². The number of rotatable bonds is 14. The Morgan fingerprint density at radius 2 is 0.913 bits per heavy atom. The standard InChI is InChI=1S/C16H35N.H2O4S.Pt/c1-3-5-7-9-11-13-15-17-16-14-12-10-8-6-4-2;1-5(2,3)4;/h17H,3-16H2,1-2H3;(H2,1,2,3,4);. The Morgan fingerprint density at radius 1 is 0.652 bits per heavy atom. The number of hydrogen-bond acceptors (Lipinski definition) is 3. The molecule has 5 nitrogen and oxygen atoms in total.